The number of hydrogen-bond acceptors (Lipinski definition) is 4. The zero-order valence-corrected chi connectivity index (χ0v) is 13.7. The van der Waals surface area contributed by atoms with Gasteiger partial charge >= 0.3 is 0 Å². The Balaban J connectivity index is 2.21. The van der Waals surface area contributed by atoms with Crippen LogP contribution in [0, 0.1) is 0 Å². The molecule has 0 bridgehead atoms. The molecule has 21 heavy (non-hydrogen) atoms. The molecule has 0 spiro atoms. The smallest absolute Gasteiger partial charge is 0.150 e. The van der Waals surface area contributed by atoms with Crippen LogP contribution in [-0.4, -0.2) is 55.2 Å². The first-order valence-corrected chi connectivity index (χ1v) is 7.49. The maximum absolute atomic E-state index is 10.1. The van der Waals surface area contributed by atoms with Crippen LogP contribution in [0.15, 0.2) is 18.7 Å². The second-order valence-electron chi connectivity index (χ2n) is 5.58. The Morgan fingerprint density at radius 3 is 2.86 bits per heavy atom. The molecule has 1 saturated heterocycles. The quantitative estimate of drug-likeness (QED) is 0.907. The predicted octanol–water partition coefficient (Wildman–Crippen LogP) is 3.05. The van der Waals surface area contributed by atoms with Crippen LogP contribution >= 0.6 is 11.6 Å². The predicted molar refractivity (Wildman–Crippen MR) is 87.0 cm³/mol. The normalized spacial score (nSPS) is 18.8. The maximum atomic E-state index is 10.1. The van der Waals surface area contributed by atoms with Gasteiger partial charge in [-0.05, 0) is 38.6 Å². The molecule has 0 amide bonds. The number of aromatic hydroxyl groups is 1. The highest BCUT2D eigenvalue weighted by molar-refractivity contribution is 6.32. The van der Waals surface area contributed by atoms with Crippen molar-refractivity contribution in [2.45, 2.75) is 18.9 Å². The first-order chi connectivity index (χ1) is 9.95. The molecule has 0 saturated carbocycles. The van der Waals surface area contributed by atoms with E-state index in [1.165, 1.54) is 12.8 Å². The van der Waals surface area contributed by atoms with Gasteiger partial charge in [-0.15, -0.1) is 0 Å². The molecule has 1 fully saturated rings. The molecule has 5 heteroatoms. The van der Waals surface area contributed by atoms with Gasteiger partial charge in [0.05, 0.1) is 17.7 Å². The van der Waals surface area contributed by atoms with Crippen LogP contribution in [0.2, 0.25) is 5.02 Å². The van der Waals surface area contributed by atoms with E-state index in [1.807, 2.05) is 7.05 Å². The summed E-state index contributed by atoms with van der Waals surface area (Å²) in [5.74, 6) is 0.598. The van der Waals surface area contributed by atoms with Crippen molar-refractivity contribution in [2.24, 2.45) is 0 Å². The summed E-state index contributed by atoms with van der Waals surface area (Å²) in [6.45, 7) is 6.11. The zero-order chi connectivity index (χ0) is 15.6. The number of phenolic OH excluding ortho intramolecular Hbond substituents is 1. The second kappa shape index (κ2) is 6.58. The van der Waals surface area contributed by atoms with E-state index in [4.69, 9.17) is 16.3 Å². The lowest BCUT2D eigenvalue weighted by atomic mass is 10.1. The van der Waals surface area contributed by atoms with Crippen LogP contribution in [-0.2, 0) is 0 Å². The first kappa shape index (κ1) is 16.0. The number of methoxy groups -OCH3 is 1. The Bertz CT molecular complexity index is 533. The van der Waals surface area contributed by atoms with Gasteiger partial charge in [0, 0.05) is 25.3 Å². The molecule has 1 aliphatic rings. The summed E-state index contributed by atoms with van der Waals surface area (Å²) >= 11 is 6.14. The first-order valence-electron chi connectivity index (χ1n) is 7.11. The van der Waals surface area contributed by atoms with Crippen molar-refractivity contribution in [1.29, 1.82) is 0 Å². The average molecular weight is 311 g/mol. The SMILES string of the molecule is C=C(c1c(O)ccc(Cl)c1OC)N(C)CC1CCCN1C. The fourth-order valence-corrected chi connectivity index (χ4v) is 3.09. The van der Waals surface area contributed by atoms with E-state index in [2.05, 4.69) is 23.4 Å². The zero-order valence-electron chi connectivity index (χ0n) is 12.9. The van der Waals surface area contributed by atoms with Crippen molar-refractivity contribution in [1.82, 2.24) is 9.80 Å². The number of nitrogens with zero attached hydrogens (tertiary/aromatic N) is 2. The fraction of sp³-hybridized carbons (Fsp3) is 0.500. The van der Waals surface area contributed by atoms with Gasteiger partial charge in [0.15, 0.2) is 0 Å². The van der Waals surface area contributed by atoms with Gasteiger partial charge in [0.1, 0.15) is 11.5 Å². The van der Waals surface area contributed by atoms with Crippen molar-refractivity contribution in [3.05, 3.63) is 29.3 Å². The Labute approximate surface area is 131 Å². The number of phenols is 1. The molecule has 1 N–H and O–H groups in total. The lowest BCUT2D eigenvalue weighted by molar-refractivity contribution is 0.262. The van der Waals surface area contributed by atoms with Crippen molar-refractivity contribution in [3.63, 3.8) is 0 Å². The molecule has 1 aromatic rings. The summed E-state index contributed by atoms with van der Waals surface area (Å²) in [4.78, 5) is 4.42. The largest absolute Gasteiger partial charge is 0.507 e. The van der Waals surface area contributed by atoms with E-state index in [0.717, 1.165) is 13.1 Å². The van der Waals surface area contributed by atoms with E-state index in [0.29, 0.717) is 28.1 Å². The highest BCUT2D eigenvalue weighted by Gasteiger charge is 2.24. The summed E-state index contributed by atoms with van der Waals surface area (Å²) in [5, 5.41) is 10.6. The number of rotatable bonds is 5. The number of likely N-dealkylation sites (N-methyl/N-ethyl adjacent to an activating group) is 2. The molecule has 116 valence electrons. The van der Waals surface area contributed by atoms with Crippen LogP contribution < -0.4 is 4.74 Å². The van der Waals surface area contributed by atoms with Crippen LogP contribution in [0.1, 0.15) is 18.4 Å². The number of halogens is 1. The summed E-state index contributed by atoms with van der Waals surface area (Å²) in [6, 6.07) is 3.71. The Morgan fingerprint density at radius 2 is 2.29 bits per heavy atom. The van der Waals surface area contributed by atoms with E-state index in [1.54, 1.807) is 19.2 Å². The van der Waals surface area contributed by atoms with Gasteiger partial charge < -0.3 is 19.6 Å². The van der Waals surface area contributed by atoms with Gasteiger partial charge in [-0.1, -0.05) is 18.2 Å². The average Bonchev–Trinajstić information content (AvgIpc) is 2.85. The molecule has 2 rings (SSSR count). The highest BCUT2D eigenvalue weighted by atomic mass is 35.5. The van der Waals surface area contributed by atoms with E-state index in [-0.39, 0.29) is 5.75 Å². The third kappa shape index (κ3) is 3.27. The van der Waals surface area contributed by atoms with E-state index in [9.17, 15) is 5.11 Å². The molecule has 1 atom stereocenters. The van der Waals surface area contributed by atoms with Crippen LogP contribution in [0.5, 0.6) is 11.5 Å². The number of benzene rings is 1. The molecule has 1 aromatic carbocycles. The lowest BCUT2D eigenvalue weighted by Gasteiger charge is -2.29. The Morgan fingerprint density at radius 1 is 1.57 bits per heavy atom. The Hall–Kier alpha value is -1.39. The van der Waals surface area contributed by atoms with Crippen molar-refractivity contribution in [2.75, 3.05) is 34.3 Å². The van der Waals surface area contributed by atoms with Gasteiger partial charge in [0.2, 0.25) is 0 Å². The standard InChI is InChI=1S/C16H23ClN2O2/c1-11(19(3)10-12-6-5-9-18(12)2)15-14(20)8-7-13(17)16(15)21-4/h7-8,12,20H,1,5-6,9-10H2,2-4H3. The molecule has 4 nitrogen and oxygen atoms in total. The maximum Gasteiger partial charge on any atom is 0.150 e. The van der Waals surface area contributed by atoms with Gasteiger partial charge in [-0.3, -0.25) is 0 Å². The van der Waals surface area contributed by atoms with Crippen molar-refractivity contribution < 1.29 is 9.84 Å². The monoisotopic (exact) mass is 310 g/mol. The summed E-state index contributed by atoms with van der Waals surface area (Å²) in [7, 11) is 5.67. The summed E-state index contributed by atoms with van der Waals surface area (Å²) in [5.41, 5.74) is 1.28. The highest BCUT2D eigenvalue weighted by Crippen LogP contribution is 2.39. The molecule has 1 unspecified atom stereocenters. The molecule has 1 heterocycles. The Kier molecular flexibility index (Phi) is 5.01. The molecular weight excluding hydrogens is 288 g/mol. The van der Waals surface area contributed by atoms with Crippen LogP contribution in [0.25, 0.3) is 5.70 Å². The van der Waals surface area contributed by atoms with Crippen LogP contribution in [0.3, 0.4) is 0 Å². The summed E-state index contributed by atoms with van der Waals surface area (Å²) < 4.78 is 5.33. The minimum atomic E-state index is 0.132. The van der Waals surface area contributed by atoms with Crippen molar-refractivity contribution >= 4 is 17.3 Å². The second-order valence-corrected chi connectivity index (χ2v) is 5.99. The number of ether oxygens (including phenoxy) is 1. The minimum Gasteiger partial charge on any atom is -0.507 e. The van der Waals surface area contributed by atoms with E-state index >= 15 is 0 Å². The molecule has 0 aromatic heterocycles. The lowest BCUT2D eigenvalue weighted by Crippen LogP contribution is -2.35. The van der Waals surface area contributed by atoms with Gasteiger partial charge in [0.25, 0.3) is 0 Å². The van der Waals surface area contributed by atoms with Gasteiger partial charge in [-0.2, -0.15) is 0 Å². The molecular formula is C16H23ClN2O2. The summed E-state index contributed by atoms with van der Waals surface area (Å²) in [6.07, 6.45) is 2.42. The van der Waals surface area contributed by atoms with Gasteiger partial charge in [-0.25, -0.2) is 0 Å². The minimum absolute atomic E-state index is 0.132. The van der Waals surface area contributed by atoms with Crippen molar-refractivity contribution in [3.8, 4) is 11.5 Å². The molecule has 1 aliphatic heterocycles. The topological polar surface area (TPSA) is 35.9 Å². The van der Waals surface area contributed by atoms with E-state index < -0.39 is 0 Å². The number of likely N-dealkylation sites (tertiary alicyclic amines) is 1. The third-order valence-corrected chi connectivity index (χ3v) is 4.49. The third-order valence-electron chi connectivity index (χ3n) is 4.20. The fourth-order valence-electron chi connectivity index (χ4n) is 2.85. The molecule has 0 aliphatic carbocycles. The molecule has 0 radical (unpaired) electrons. The number of hydrogen-bond donors (Lipinski definition) is 1. The van der Waals surface area contributed by atoms with Crippen LogP contribution in [0.4, 0.5) is 0 Å².